The summed E-state index contributed by atoms with van der Waals surface area (Å²) in [4.78, 5) is 19.7. The third-order valence-corrected chi connectivity index (χ3v) is 4.39. The molecule has 0 aliphatic carbocycles. The molecule has 1 N–H and O–H groups in total. The molecule has 0 amide bonds. The molecule has 0 radical (unpaired) electrons. The molecule has 2 fully saturated rings. The predicted octanol–water partition coefficient (Wildman–Crippen LogP) is 1.20. The van der Waals surface area contributed by atoms with Crippen molar-refractivity contribution < 1.29 is 14.6 Å². The van der Waals surface area contributed by atoms with Gasteiger partial charge in [0.1, 0.15) is 5.82 Å². The number of aromatic nitrogens is 1. The van der Waals surface area contributed by atoms with Crippen molar-refractivity contribution in [2.75, 3.05) is 44.8 Å². The van der Waals surface area contributed by atoms with Gasteiger partial charge in [-0.15, -0.1) is 0 Å². The minimum atomic E-state index is -1.02. The van der Waals surface area contributed by atoms with E-state index < -0.39 is 5.97 Å². The van der Waals surface area contributed by atoms with Gasteiger partial charge in [-0.05, 0) is 13.1 Å². The number of carboxylic acid groups (broad SMARTS) is 1. The SMILES string of the molecule is CN1C[C@H]2COC[C@@H]1CN(c1ncc(C(=O)O)cc1Cl)C2. The number of pyridine rings is 1. The maximum absolute atomic E-state index is 11.0. The van der Waals surface area contributed by atoms with Crippen molar-refractivity contribution in [1.82, 2.24) is 9.88 Å². The first-order chi connectivity index (χ1) is 10.0. The zero-order chi connectivity index (χ0) is 15.0. The van der Waals surface area contributed by atoms with E-state index in [-0.39, 0.29) is 5.56 Å². The summed E-state index contributed by atoms with van der Waals surface area (Å²) >= 11 is 6.24. The molecule has 1 aromatic rings. The van der Waals surface area contributed by atoms with Crippen LogP contribution in [0, 0.1) is 5.92 Å². The summed E-state index contributed by atoms with van der Waals surface area (Å²) in [5.74, 6) is 0.0465. The number of fused-ring (bicyclic) bond motifs is 3. The number of hydrogen-bond donors (Lipinski definition) is 1. The maximum Gasteiger partial charge on any atom is 0.337 e. The number of hydrogen-bond acceptors (Lipinski definition) is 5. The summed E-state index contributed by atoms with van der Waals surface area (Å²) < 4.78 is 5.70. The van der Waals surface area contributed by atoms with E-state index in [0.29, 0.717) is 29.4 Å². The van der Waals surface area contributed by atoms with Gasteiger partial charge in [0.25, 0.3) is 0 Å². The second-order valence-corrected chi connectivity index (χ2v) is 6.14. The van der Waals surface area contributed by atoms with Crippen molar-refractivity contribution in [1.29, 1.82) is 0 Å². The average molecular weight is 312 g/mol. The van der Waals surface area contributed by atoms with Gasteiger partial charge in [0, 0.05) is 31.7 Å². The van der Waals surface area contributed by atoms with E-state index in [9.17, 15) is 4.79 Å². The molecule has 1 aromatic heterocycles. The zero-order valence-corrected chi connectivity index (χ0v) is 12.6. The summed E-state index contributed by atoms with van der Waals surface area (Å²) in [6.45, 7) is 4.04. The molecule has 3 heterocycles. The van der Waals surface area contributed by atoms with Crippen LogP contribution in [0.15, 0.2) is 12.3 Å². The molecule has 21 heavy (non-hydrogen) atoms. The predicted molar refractivity (Wildman–Crippen MR) is 79.1 cm³/mol. The summed E-state index contributed by atoms with van der Waals surface area (Å²) in [5, 5.41) is 9.37. The molecule has 2 bridgehead atoms. The van der Waals surface area contributed by atoms with E-state index in [4.69, 9.17) is 21.4 Å². The van der Waals surface area contributed by atoms with Crippen molar-refractivity contribution in [3.05, 3.63) is 22.8 Å². The molecule has 2 aliphatic heterocycles. The Morgan fingerprint density at radius 2 is 2.24 bits per heavy atom. The summed E-state index contributed by atoms with van der Waals surface area (Å²) in [6, 6.07) is 1.77. The Morgan fingerprint density at radius 1 is 1.43 bits per heavy atom. The zero-order valence-electron chi connectivity index (χ0n) is 11.8. The second-order valence-electron chi connectivity index (χ2n) is 5.74. The van der Waals surface area contributed by atoms with Gasteiger partial charge in [-0.1, -0.05) is 11.6 Å². The number of anilines is 1. The van der Waals surface area contributed by atoms with Crippen LogP contribution in [-0.2, 0) is 4.74 Å². The fraction of sp³-hybridized carbons (Fsp3) is 0.571. The van der Waals surface area contributed by atoms with E-state index in [0.717, 1.165) is 26.2 Å². The molecule has 7 heteroatoms. The number of ether oxygens (including phenoxy) is 1. The van der Waals surface area contributed by atoms with Crippen LogP contribution in [0.3, 0.4) is 0 Å². The van der Waals surface area contributed by atoms with Crippen LogP contribution in [-0.4, -0.2) is 66.9 Å². The first kappa shape index (κ1) is 14.6. The Labute approximate surface area is 128 Å². The highest BCUT2D eigenvalue weighted by molar-refractivity contribution is 6.33. The van der Waals surface area contributed by atoms with Crippen LogP contribution in [0.4, 0.5) is 5.82 Å². The van der Waals surface area contributed by atoms with Gasteiger partial charge in [0.15, 0.2) is 0 Å². The number of halogens is 1. The Hall–Kier alpha value is -1.37. The number of likely N-dealkylation sites (N-methyl/N-ethyl adjacent to an activating group) is 1. The lowest BCUT2D eigenvalue weighted by molar-refractivity contribution is 0.0696. The highest BCUT2D eigenvalue weighted by atomic mass is 35.5. The number of rotatable bonds is 2. The molecule has 2 atom stereocenters. The number of carbonyl (C=O) groups is 1. The molecule has 2 saturated heterocycles. The van der Waals surface area contributed by atoms with Gasteiger partial charge >= 0.3 is 5.97 Å². The molecule has 3 rings (SSSR count). The second kappa shape index (κ2) is 5.79. The third kappa shape index (κ3) is 2.97. The van der Waals surface area contributed by atoms with Crippen LogP contribution in [0.1, 0.15) is 10.4 Å². The van der Waals surface area contributed by atoms with E-state index in [1.807, 2.05) is 0 Å². The minimum absolute atomic E-state index is 0.110. The first-order valence-electron chi connectivity index (χ1n) is 6.96. The minimum Gasteiger partial charge on any atom is -0.478 e. The van der Waals surface area contributed by atoms with Crippen LogP contribution in [0.25, 0.3) is 0 Å². The molecule has 0 saturated carbocycles. The monoisotopic (exact) mass is 311 g/mol. The highest BCUT2D eigenvalue weighted by Crippen LogP contribution is 2.28. The van der Waals surface area contributed by atoms with E-state index in [1.165, 1.54) is 12.3 Å². The first-order valence-corrected chi connectivity index (χ1v) is 7.34. The molecular formula is C14H18ClN3O3. The largest absolute Gasteiger partial charge is 0.478 e. The van der Waals surface area contributed by atoms with Crippen LogP contribution < -0.4 is 4.90 Å². The topological polar surface area (TPSA) is 65.9 Å². The molecular weight excluding hydrogens is 294 g/mol. The van der Waals surface area contributed by atoms with Crippen LogP contribution in [0.5, 0.6) is 0 Å². The lowest BCUT2D eigenvalue weighted by Crippen LogP contribution is -2.42. The summed E-state index contributed by atoms with van der Waals surface area (Å²) in [6.07, 6.45) is 1.37. The number of nitrogens with zero attached hydrogens (tertiary/aromatic N) is 3. The Balaban J connectivity index is 1.88. The fourth-order valence-corrected chi connectivity index (χ4v) is 3.29. The fourth-order valence-electron chi connectivity index (χ4n) is 3.00. The van der Waals surface area contributed by atoms with Gasteiger partial charge < -0.3 is 14.7 Å². The van der Waals surface area contributed by atoms with Gasteiger partial charge in [-0.2, -0.15) is 0 Å². The molecule has 2 aliphatic rings. The lowest BCUT2D eigenvalue weighted by Gasteiger charge is -2.31. The summed E-state index contributed by atoms with van der Waals surface area (Å²) in [5.41, 5.74) is 0.110. The van der Waals surface area contributed by atoms with Crippen molar-refractivity contribution in [3.63, 3.8) is 0 Å². The van der Waals surface area contributed by atoms with E-state index >= 15 is 0 Å². The van der Waals surface area contributed by atoms with E-state index in [2.05, 4.69) is 21.8 Å². The molecule has 0 aromatic carbocycles. The highest BCUT2D eigenvalue weighted by Gasteiger charge is 2.32. The maximum atomic E-state index is 11.0. The standard InChI is InChI=1S/C14H18ClN3O3/c1-17-4-9-5-18(6-11(17)8-21-7-9)13-12(15)2-10(3-16-13)14(19)20/h2-3,9,11H,4-8H2,1H3,(H,19,20)/t9-,11+/m1/s1. The van der Waals surface area contributed by atoms with Crippen molar-refractivity contribution in [2.45, 2.75) is 6.04 Å². The van der Waals surface area contributed by atoms with Crippen molar-refractivity contribution in [2.24, 2.45) is 5.92 Å². The summed E-state index contributed by atoms with van der Waals surface area (Å²) in [7, 11) is 2.11. The van der Waals surface area contributed by atoms with Gasteiger partial charge in [-0.3, -0.25) is 4.90 Å². The molecule has 0 spiro atoms. The smallest absolute Gasteiger partial charge is 0.337 e. The molecule has 0 unspecified atom stereocenters. The van der Waals surface area contributed by atoms with Crippen LogP contribution >= 0.6 is 11.6 Å². The normalized spacial score (nSPS) is 26.5. The Morgan fingerprint density at radius 3 is 2.95 bits per heavy atom. The quantitative estimate of drug-likeness (QED) is 0.885. The van der Waals surface area contributed by atoms with Gasteiger partial charge in [0.2, 0.25) is 0 Å². The van der Waals surface area contributed by atoms with E-state index in [1.54, 1.807) is 0 Å². The van der Waals surface area contributed by atoms with Gasteiger partial charge in [0.05, 0.1) is 29.8 Å². The average Bonchev–Trinajstić information content (AvgIpc) is 2.67. The lowest BCUT2D eigenvalue weighted by atomic mass is 10.1. The Bertz CT molecular complexity index is 554. The number of aromatic carboxylic acids is 1. The van der Waals surface area contributed by atoms with Crippen molar-refractivity contribution in [3.8, 4) is 0 Å². The third-order valence-electron chi connectivity index (χ3n) is 4.11. The van der Waals surface area contributed by atoms with Crippen LogP contribution in [0.2, 0.25) is 5.02 Å². The Kier molecular flexibility index (Phi) is 4.01. The molecule has 6 nitrogen and oxygen atoms in total. The van der Waals surface area contributed by atoms with Gasteiger partial charge in [-0.25, -0.2) is 9.78 Å². The number of carboxylic acids is 1. The molecule has 114 valence electrons. The van der Waals surface area contributed by atoms with Crippen molar-refractivity contribution >= 4 is 23.4 Å².